The lowest BCUT2D eigenvalue weighted by molar-refractivity contribution is 0.0695. The summed E-state index contributed by atoms with van der Waals surface area (Å²) in [5.74, 6) is -3.34. The molecule has 0 aliphatic carbocycles. The average Bonchev–Trinajstić information content (AvgIpc) is 2.84. The van der Waals surface area contributed by atoms with E-state index in [0.29, 0.717) is 0 Å². The molecular weight excluding hydrogens is 480 g/mol. The van der Waals surface area contributed by atoms with Crippen LogP contribution >= 0.6 is 0 Å². The van der Waals surface area contributed by atoms with Crippen LogP contribution in [0.2, 0.25) is 0 Å². The maximum Gasteiger partial charge on any atom is 0.340 e. The molecule has 0 bridgehead atoms. The second-order valence-corrected chi connectivity index (χ2v) is 8.66. The smallest absolute Gasteiger partial charge is 0.340 e. The Kier molecular flexibility index (Phi) is 5.29. The topological polar surface area (TPSA) is 152 Å². The lowest BCUT2D eigenvalue weighted by Gasteiger charge is -2.15. The fourth-order valence-electron chi connectivity index (χ4n) is 4.62. The van der Waals surface area contributed by atoms with Gasteiger partial charge in [0.2, 0.25) is 10.9 Å². The molecule has 0 radical (unpaired) electrons. The highest BCUT2D eigenvalue weighted by Gasteiger charge is 2.29. The van der Waals surface area contributed by atoms with Crippen molar-refractivity contribution < 1.29 is 33.4 Å². The molecule has 9 heteroatoms. The zero-order valence-electron chi connectivity index (χ0n) is 19.8. The van der Waals surface area contributed by atoms with Gasteiger partial charge in [-0.25, -0.2) is 4.79 Å². The number of benzene rings is 3. The van der Waals surface area contributed by atoms with E-state index in [1.807, 2.05) is 0 Å². The Balaban J connectivity index is 2.04. The van der Waals surface area contributed by atoms with Gasteiger partial charge in [-0.3, -0.25) is 19.2 Å². The van der Waals surface area contributed by atoms with Gasteiger partial charge in [0.25, 0.3) is 0 Å². The van der Waals surface area contributed by atoms with Gasteiger partial charge in [-0.1, -0.05) is 12.1 Å². The fourth-order valence-corrected chi connectivity index (χ4v) is 4.62. The Labute approximate surface area is 207 Å². The van der Waals surface area contributed by atoms with E-state index in [4.69, 9.17) is 8.83 Å². The molecule has 2 aromatic heterocycles. The minimum Gasteiger partial charge on any atom is -0.507 e. The highest BCUT2D eigenvalue weighted by molar-refractivity contribution is 6.18. The Hall–Kier alpha value is -5.05. The molecule has 2 N–H and O–H groups in total. The van der Waals surface area contributed by atoms with Crippen LogP contribution in [0.5, 0.6) is 5.75 Å². The van der Waals surface area contributed by atoms with E-state index in [1.54, 1.807) is 24.3 Å². The number of aromatic carboxylic acids is 1. The predicted octanol–water partition coefficient (Wildman–Crippen LogP) is 4.84. The number of Topliss-reactive ketones (excluding diaryl/α,β-unsaturated/α-hetero) is 2. The number of carbonyl (C=O) groups excluding carboxylic acids is 2. The molecule has 0 saturated heterocycles. The first-order valence-electron chi connectivity index (χ1n) is 11.1. The summed E-state index contributed by atoms with van der Waals surface area (Å²) >= 11 is 0. The van der Waals surface area contributed by atoms with E-state index in [2.05, 4.69) is 0 Å². The Morgan fingerprint density at radius 1 is 0.865 bits per heavy atom. The molecule has 0 aliphatic heterocycles. The Morgan fingerprint density at radius 2 is 1.57 bits per heavy atom. The van der Waals surface area contributed by atoms with Gasteiger partial charge >= 0.3 is 5.97 Å². The molecule has 0 amide bonds. The fraction of sp³-hybridized carbons (Fsp3) is 0.107. The van der Waals surface area contributed by atoms with Crippen molar-refractivity contribution in [3.8, 4) is 16.9 Å². The number of carboxylic acids is 1. The molecule has 0 unspecified atom stereocenters. The van der Waals surface area contributed by atoms with Gasteiger partial charge in [0, 0.05) is 11.1 Å². The summed E-state index contributed by atoms with van der Waals surface area (Å²) in [4.78, 5) is 64.7. The van der Waals surface area contributed by atoms with Crippen LogP contribution in [0.3, 0.4) is 0 Å². The molecule has 3 aromatic carbocycles. The van der Waals surface area contributed by atoms with E-state index in [1.165, 1.54) is 32.9 Å². The number of carboxylic acid groups (broad SMARTS) is 1. The minimum absolute atomic E-state index is 0.0254. The maximum atomic E-state index is 13.7. The monoisotopic (exact) mass is 498 g/mol. The largest absolute Gasteiger partial charge is 0.507 e. The van der Waals surface area contributed by atoms with Gasteiger partial charge in [0.05, 0.1) is 27.3 Å². The summed E-state index contributed by atoms with van der Waals surface area (Å²) in [6.07, 6.45) is 1.02. The second kappa shape index (κ2) is 8.27. The summed E-state index contributed by atoms with van der Waals surface area (Å²) in [6, 6.07) is 8.96. The third-order valence-electron chi connectivity index (χ3n) is 6.31. The van der Waals surface area contributed by atoms with Crippen molar-refractivity contribution in [2.75, 3.05) is 0 Å². The molecule has 9 nitrogen and oxygen atoms in total. The average molecular weight is 498 g/mol. The Morgan fingerprint density at radius 3 is 2.22 bits per heavy atom. The van der Waals surface area contributed by atoms with Gasteiger partial charge in [0.1, 0.15) is 34.3 Å². The molecule has 2 heterocycles. The van der Waals surface area contributed by atoms with Gasteiger partial charge in [-0.15, -0.1) is 0 Å². The number of aryl methyl sites for hydroxylation is 1. The van der Waals surface area contributed by atoms with Gasteiger partial charge in [-0.05, 0) is 50.6 Å². The lowest BCUT2D eigenvalue weighted by atomic mass is 9.88. The molecule has 37 heavy (non-hydrogen) atoms. The standard InChI is InChI=1S/C28H18O9/c1-11-8-19-22(23(24(11)31)28(34)35)26(33)17(10-36-19)21-15(12(2)29)9-16-25(32)14-6-4-5-7-18(14)37-27(16)20(21)13(3)30/h4-10,31H,1-3H3,(H,34,35). The van der Waals surface area contributed by atoms with Crippen molar-refractivity contribution >= 4 is 50.4 Å². The van der Waals surface area contributed by atoms with Crippen LogP contribution in [-0.4, -0.2) is 27.7 Å². The van der Waals surface area contributed by atoms with Crippen molar-refractivity contribution in [3.05, 3.63) is 85.4 Å². The number of rotatable bonds is 4. The minimum atomic E-state index is -1.56. The number of aromatic hydroxyl groups is 1. The highest BCUT2D eigenvalue weighted by Crippen LogP contribution is 2.36. The second-order valence-electron chi connectivity index (χ2n) is 8.66. The summed E-state index contributed by atoms with van der Waals surface area (Å²) in [5.41, 5.74) is -2.66. The molecule has 0 atom stereocenters. The summed E-state index contributed by atoms with van der Waals surface area (Å²) < 4.78 is 11.5. The molecule has 0 fully saturated rings. The maximum absolute atomic E-state index is 13.7. The lowest BCUT2D eigenvalue weighted by Crippen LogP contribution is -2.16. The first kappa shape index (κ1) is 23.7. The van der Waals surface area contributed by atoms with Crippen LogP contribution in [0.25, 0.3) is 44.0 Å². The summed E-state index contributed by atoms with van der Waals surface area (Å²) in [6.45, 7) is 3.85. The number of hydrogen-bond acceptors (Lipinski definition) is 8. The van der Waals surface area contributed by atoms with Crippen LogP contribution in [-0.2, 0) is 0 Å². The van der Waals surface area contributed by atoms with E-state index in [0.717, 1.165) is 6.26 Å². The Bertz CT molecular complexity index is 1970. The number of phenols is 1. The number of fused-ring (bicyclic) bond motifs is 3. The van der Waals surface area contributed by atoms with Crippen molar-refractivity contribution in [2.45, 2.75) is 20.8 Å². The SMILES string of the molecule is CC(=O)c1cc2c(=O)c3ccccc3oc2c(C(C)=O)c1-c1coc2cc(C)c(O)c(C(=O)O)c2c1=O. The van der Waals surface area contributed by atoms with Gasteiger partial charge < -0.3 is 19.0 Å². The van der Waals surface area contributed by atoms with Crippen molar-refractivity contribution in [2.24, 2.45) is 0 Å². The molecule has 184 valence electrons. The van der Waals surface area contributed by atoms with E-state index in [-0.39, 0.29) is 55.3 Å². The number of ketones is 2. The quantitative estimate of drug-likeness (QED) is 0.262. The molecule has 5 rings (SSSR count). The predicted molar refractivity (Wildman–Crippen MR) is 135 cm³/mol. The zero-order valence-corrected chi connectivity index (χ0v) is 19.8. The van der Waals surface area contributed by atoms with Gasteiger partial charge in [0.15, 0.2) is 11.6 Å². The van der Waals surface area contributed by atoms with Crippen molar-refractivity contribution in [3.63, 3.8) is 0 Å². The molecule has 0 aliphatic rings. The van der Waals surface area contributed by atoms with Crippen LogP contribution in [0.1, 0.15) is 50.5 Å². The highest BCUT2D eigenvalue weighted by atomic mass is 16.4. The molecule has 0 spiro atoms. The number of carbonyl (C=O) groups is 3. The van der Waals surface area contributed by atoms with Crippen molar-refractivity contribution in [1.82, 2.24) is 0 Å². The molecular formula is C28H18O9. The number of hydrogen-bond donors (Lipinski definition) is 2. The van der Waals surface area contributed by atoms with Gasteiger partial charge in [-0.2, -0.15) is 0 Å². The number of para-hydroxylation sites is 1. The third kappa shape index (κ3) is 3.43. The molecule has 0 saturated carbocycles. The summed E-state index contributed by atoms with van der Waals surface area (Å²) in [7, 11) is 0. The summed E-state index contributed by atoms with van der Waals surface area (Å²) in [5, 5.41) is 19.9. The van der Waals surface area contributed by atoms with E-state index < -0.39 is 45.1 Å². The van der Waals surface area contributed by atoms with E-state index in [9.17, 15) is 34.2 Å². The van der Waals surface area contributed by atoms with Crippen LogP contribution in [0.15, 0.2) is 61.1 Å². The van der Waals surface area contributed by atoms with E-state index >= 15 is 0 Å². The van der Waals surface area contributed by atoms with Crippen LogP contribution in [0, 0.1) is 6.92 Å². The molecule has 5 aromatic rings. The van der Waals surface area contributed by atoms with Crippen molar-refractivity contribution in [1.29, 1.82) is 0 Å². The van der Waals surface area contributed by atoms with Crippen LogP contribution < -0.4 is 10.9 Å². The normalized spacial score (nSPS) is 11.3. The first-order chi connectivity index (χ1) is 17.5. The third-order valence-corrected chi connectivity index (χ3v) is 6.31. The van der Waals surface area contributed by atoms with Crippen LogP contribution in [0.4, 0.5) is 0 Å². The first-order valence-corrected chi connectivity index (χ1v) is 11.1. The zero-order chi connectivity index (χ0) is 26.8.